The highest BCUT2D eigenvalue weighted by Crippen LogP contribution is 2.38. The van der Waals surface area contributed by atoms with Crippen LogP contribution in [-0.4, -0.2) is 33.0 Å². The largest absolute Gasteiger partial charge is 0.493 e. The summed E-state index contributed by atoms with van der Waals surface area (Å²) in [5.41, 5.74) is 1.86. The Morgan fingerprint density at radius 1 is 1.11 bits per heavy atom. The van der Waals surface area contributed by atoms with Crippen LogP contribution in [0.4, 0.5) is 0 Å². The number of rotatable bonds is 6. The molecule has 1 N–H and O–H groups in total. The smallest absolute Gasteiger partial charge is 0.203 e. The molecule has 0 saturated heterocycles. The molecule has 1 rings (SSSR count). The van der Waals surface area contributed by atoms with Gasteiger partial charge in [-0.1, -0.05) is 13.0 Å². The van der Waals surface area contributed by atoms with E-state index >= 15 is 0 Å². The summed E-state index contributed by atoms with van der Waals surface area (Å²) in [5, 5.41) is 9.19. The summed E-state index contributed by atoms with van der Waals surface area (Å²) in [5.74, 6) is 1.78. The van der Waals surface area contributed by atoms with Crippen molar-refractivity contribution in [1.29, 1.82) is 0 Å². The van der Waals surface area contributed by atoms with Gasteiger partial charge in [0.05, 0.1) is 27.9 Å². The molecule has 0 bridgehead atoms. The van der Waals surface area contributed by atoms with Crippen LogP contribution in [0.1, 0.15) is 18.9 Å². The first-order chi connectivity index (χ1) is 8.69. The summed E-state index contributed by atoms with van der Waals surface area (Å²) in [6, 6.07) is 3.71. The van der Waals surface area contributed by atoms with Gasteiger partial charge in [0, 0.05) is 0 Å². The maximum Gasteiger partial charge on any atom is 0.203 e. The van der Waals surface area contributed by atoms with Crippen LogP contribution in [0, 0.1) is 0 Å². The molecule has 0 radical (unpaired) electrons. The number of methoxy groups -OCH3 is 3. The zero-order valence-electron chi connectivity index (χ0n) is 11.3. The Labute approximate surface area is 108 Å². The van der Waals surface area contributed by atoms with Gasteiger partial charge in [0.2, 0.25) is 5.75 Å². The van der Waals surface area contributed by atoms with E-state index in [9.17, 15) is 5.11 Å². The molecule has 0 aliphatic carbocycles. The minimum absolute atomic E-state index is 0.0488. The molecular formula is C14H20O4. The second-order valence-corrected chi connectivity index (χ2v) is 3.77. The van der Waals surface area contributed by atoms with Crippen molar-refractivity contribution in [2.24, 2.45) is 0 Å². The van der Waals surface area contributed by atoms with Gasteiger partial charge < -0.3 is 19.3 Å². The van der Waals surface area contributed by atoms with Crippen molar-refractivity contribution in [3.8, 4) is 17.2 Å². The summed E-state index contributed by atoms with van der Waals surface area (Å²) in [7, 11) is 4.73. The third kappa shape index (κ3) is 3.17. The Bertz CT molecular complexity index is 393. The van der Waals surface area contributed by atoms with E-state index in [1.165, 1.54) is 0 Å². The molecule has 0 aromatic heterocycles. The molecule has 4 heteroatoms. The Morgan fingerprint density at radius 3 is 2.00 bits per heavy atom. The second kappa shape index (κ2) is 6.91. The first-order valence-electron chi connectivity index (χ1n) is 5.80. The lowest BCUT2D eigenvalue weighted by Crippen LogP contribution is -1.96. The van der Waals surface area contributed by atoms with Gasteiger partial charge in [-0.25, -0.2) is 0 Å². The lowest BCUT2D eigenvalue weighted by Gasteiger charge is -2.13. The fourth-order valence-electron chi connectivity index (χ4n) is 1.68. The SMILES string of the molecule is CCC(=Cc1cc(OC)c(OC)c(OC)c1)CO. The molecule has 0 saturated carbocycles. The summed E-state index contributed by atoms with van der Waals surface area (Å²) >= 11 is 0. The standard InChI is InChI=1S/C14H20O4/c1-5-10(9-15)6-11-7-12(16-2)14(18-4)13(8-11)17-3/h6-8,15H,5,9H2,1-4H3. The van der Waals surface area contributed by atoms with E-state index in [1.54, 1.807) is 21.3 Å². The van der Waals surface area contributed by atoms with Crippen molar-refractivity contribution in [1.82, 2.24) is 0 Å². The number of aliphatic hydroxyl groups excluding tert-OH is 1. The van der Waals surface area contributed by atoms with Crippen LogP contribution in [0.15, 0.2) is 17.7 Å². The van der Waals surface area contributed by atoms with Gasteiger partial charge in [0.15, 0.2) is 11.5 Å². The van der Waals surface area contributed by atoms with Crippen LogP contribution in [0.25, 0.3) is 6.08 Å². The van der Waals surface area contributed by atoms with E-state index in [4.69, 9.17) is 14.2 Å². The summed E-state index contributed by atoms with van der Waals surface area (Å²) in [4.78, 5) is 0. The number of ether oxygens (including phenoxy) is 3. The lowest BCUT2D eigenvalue weighted by molar-refractivity contribution is 0.324. The minimum atomic E-state index is 0.0488. The summed E-state index contributed by atoms with van der Waals surface area (Å²) in [6.45, 7) is 2.05. The van der Waals surface area contributed by atoms with Gasteiger partial charge in [-0.2, -0.15) is 0 Å². The van der Waals surface area contributed by atoms with Gasteiger partial charge in [-0.3, -0.25) is 0 Å². The molecule has 18 heavy (non-hydrogen) atoms. The van der Waals surface area contributed by atoms with Crippen molar-refractivity contribution in [2.75, 3.05) is 27.9 Å². The summed E-state index contributed by atoms with van der Waals surface area (Å²) in [6.07, 6.45) is 2.72. The average Bonchev–Trinajstić information content (AvgIpc) is 2.43. The van der Waals surface area contributed by atoms with E-state index in [0.717, 1.165) is 17.6 Å². The molecular weight excluding hydrogens is 232 g/mol. The molecule has 0 fully saturated rings. The van der Waals surface area contributed by atoms with Crippen LogP contribution in [0.2, 0.25) is 0 Å². The normalized spacial score (nSPS) is 11.3. The highest BCUT2D eigenvalue weighted by atomic mass is 16.5. The molecule has 0 unspecified atom stereocenters. The van der Waals surface area contributed by atoms with Gasteiger partial charge in [-0.15, -0.1) is 0 Å². The molecule has 0 amide bonds. The first-order valence-corrected chi connectivity index (χ1v) is 5.80. The Morgan fingerprint density at radius 2 is 1.67 bits per heavy atom. The van der Waals surface area contributed by atoms with Crippen LogP contribution in [0.5, 0.6) is 17.2 Å². The van der Waals surface area contributed by atoms with Crippen molar-refractivity contribution >= 4 is 6.08 Å². The molecule has 1 aromatic rings. The van der Waals surface area contributed by atoms with E-state index in [0.29, 0.717) is 17.2 Å². The molecule has 100 valence electrons. The van der Waals surface area contributed by atoms with Crippen molar-refractivity contribution in [2.45, 2.75) is 13.3 Å². The minimum Gasteiger partial charge on any atom is -0.493 e. The first kappa shape index (κ1) is 14.4. The Hall–Kier alpha value is -1.68. The molecule has 0 aliphatic rings. The molecule has 4 nitrogen and oxygen atoms in total. The quantitative estimate of drug-likeness (QED) is 0.845. The van der Waals surface area contributed by atoms with Crippen molar-refractivity contribution in [3.05, 3.63) is 23.3 Å². The molecule has 0 spiro atoms. The fraction of sp³-hybridized carbons (Fsp3) is 0.429. The van der Waals surface area contributed by atoms with Crippen LogP contribution in [-0.2, 0) is 0 Å². The molecule has 0 heterocycles. The predicted octanol–water partition coefficient (Wildman–Crippen LogP) is 2.50. The van der Waals surface area contributed by atoms with Crippen LogP contribution in [0.3, 0.4) is 0 Å². The lowest BCUT2D eigenvalue weighted by atomic mass is 10.1. The number of benzene rings is 1. The average molecular weight is 252 g/mol. The maximum atomic E-state index is 9.19. The van der Waals surface area contributed by atoms with Crippen LogP contribution < -0.4 is 14.2 Å². The molecule has 0 aliphatic heterocycles. The highest BCUT2D eigenvalue weighted by molar-refractivity contribution is 5.63. The van der Waals surface area contributed by atoms with Gasteiger partial charge in [-0.05, 0) is 29.7 Å². The number of hydrogen-bond donors (Lipinski definition) is 1. The number of hydrogen-bond acceptors (Lipinski definition) is 4. The Balaban J connectivity index is 3.27. The topological polar surface area (TPSA) is 47.9 Å². The fourth-order valence-corrected chi connectivity index (χ4v) is 1.68. The van der Waals surface area contributed by atoms with Crippen molar-refractivity contribution in [3.63, 3.8) is 0 Å². The van der Waals surface area contributed by atoms with Gasteiger partial charge in [0.25, 0.3) is 0 Å². The summed E-state index contributed by atoms with van der Waals surface area (Å²) < 4.78 is 15.8. The molecule has 0 atom stereocenters. The van der Waals surface area contributed by atoms with E-state index in [1.807, 2.05) is 25.1 Å². The third-order valence-corrected chi connectivity index (χ3v) is 2.72. The Kier molecular flexibility index (Phi) is 5.52. The van der Waals surface area contributed by atoms with Gasteiger partial charge in [0.1, 0.15) is 0 Å². The zero-order valence-corrected chi connectivity index (χ0v) is 11.3. The zero-order chi connectivity index (χ0) is 13.5. The van der Waals surface area contributed by atoms with E-state index in [-0.39, 0.29) is 6.61 Å². The highest BCUT2D eigenvalue weighted by Gasteiger charge is 2.12. The number of aliphatic hydroxyl groups is 1. The van der Waals surface area contributed by atoms with Crippen molar-refractivity contribution < 1.29 is 19.3 Å². The second-order valence-electron chi connectivity index (χ2n) is 3.77. The maximum absolute atomic E-state index is 9.19. The monoisotopic (exact) mass is 252 g/mol. The van der Waals surface area contributed by atoms with E-state index in [2.05, 4.69) is 0 Å². The predicted molar refractivity (Wildman–Crippen MR) is 71.5 cm³/mol. The third-order valence-electron chi connectivity index (χ3n) is 2.72. The van der Waals surface area contributed by atoms with Gasteiger partial charge >= 0.3 is 0 Å². The molecule has 1 aromatic carbocycles. The van der Waals surface area contributed by atoms with E-state index < -0.39 is 0 Å². The van der Waals surface area contributed by atoms with Crippen LogP contribution >= 0.6 is 0 Å².